The third-order valence-electron chi connectivity index (χ3n) is 3.89. The summed E-state index contributed by atoms with van der Waals surface area (Å²) in [7, 11) is -3.50. The van der Waals surface area contributed by atoms with Crippen LogP contribution in [0.1, 0.15) is 0 Å². The summed E-state index contributed by atoms with van der Waals surface area (Å²) >= 11 is 0. The molecular weight excluding hydrogens is 399 g/mol. The molecule has 150 valence electrons. The van der Waals surface area contributed by atoms with E-state index < -0.39 is 15.8 Å². The minimum absolute atomic E-state index is 0.104. The Labute approximate surface area is 166 Å². The zero-order chi connectivity index (χ0) is 20.4. The number of rotatable bonds is 6. The van der Waals surface area contributed by atoms with Gasteiger partial charge in [-0.05, 0) is 30.3 Å². The fourth-order valence-corrected chi connectivity index (χ4v) is 3.23. The highest BCUT2D eigenvalue weighted by molar-refractivity contribution is 7.92. The van der Waals surface area contributed by atoms with Gasteiger partial charge < -0.3 is 21.5 Å². The number of hydrazine groups is 2. The van der Waals surface area contributed by atoms with Crippen molar-refractivity contribution in [1.82, 2.24) is 15.5 Å². The van der Waals surface area contributed by atoms with Crippen LogP contribution in [0, 0.1) is 5.82 Å². The van der Waals surface area contributed by atoms with E-state index in [2.05, 4.69) is 41.7 Å². The highest BCUT2D eigenvalue weighted by Crippen LogP contribution is 2.30. The lowest BCUT2D eigenvalue weighted by molar-refractivity contribution is 0.607. The molecule has 3 aromatic rings. The second-order valence-electron chi connectivity index (χ2n) is 6.20. The minimum atomic E-state index is -3.50. The minimum Gasteiger partial charge on any atom is -0.336 e. The van der Waals surface area contributed by atoms with E-state index in [-0.39, 0.29) is 17.5 Å². The molecule has 0 bridgehead atoms. The highest BCUT2D eigenvalue weighted by Gasteiger charge is 2.13. The van der Waals surface area contributed by atoms with Crippen molar-refractivity contribution in [2.24, 2.45) is 0 Å². The first kappa shape index (κ1) is 18.7. The molecule has 0 fully saturated rings. The van der Waals surface area contributed by atoms with Crippen molar-refractivity contribution in [3.8, 4) is 0 Å². The van der Waals surface area contributed by atoms with E-state index in [0.29, 0.717) is 11.4 Å². The molecule has 4 rings (SSSR count). The summed E-state index contributed by atoms with van der Waals surface area (Å²) in [4.78, 5) is 8.11. The number of nitrogens with zero attached hydrogens (tertiary/aromatic N) is 2. The van der Waals surface area contributed by atoms with Gasteiger partial charge >= 0.3 is 0 Å². The van der Waals surface area contributed by atoms with Crippen molar-refractivity contribution < 1.29 is 12.8 Å². The van der Waals surface area contributed by atoms with Crippen LogP contribution in [0.5, 0.6) is 0 Å². The molecule has 0 spiro atoms. The van der Waals surface area contributed by atoms with Crippen LogP contribution < -0.4 is 31.7 Å². The quantitative estimate of drug-likeness (QED) is 0.359. The molecule has 12 heteroatoms. The van der Waals surface area contributed by atoms with Gasteiger partial charge in [0.2, 0.25) is 16.0 Å². The van der Waals surface area contributed by atoms with E-state index in [0.717, 1.165) is 23.8 Å². The molecule has 10 nitrogen and oxygen atoms in total. The summed E-state index contributed by atoms with van der Waals surface area (Å²) in [6, 6.07) is 12.0. The smallest absolute Gasteiger partial charge is 0.229 e. The number of hydrogen-bond donors (Lipinski definition) is 6. The van der Waals surface area contributed by atoms with Crippen LogP contribution in [0.2, 0.25) is 0 Å². The Balaban J connectivity index is 1.58. The first-order valence-electron chi connectivity index (χ1n) is 8.42. The molecule has 1 aliphatic rings. The van der Waals surface area contributed by atoms with Crippen molar-refractivity contribution in [3.05, 3.63) is 54.5 Å². The number of sulfonamides is 1. The van der Waals surface area contributed by atoms with Gasteiger partial charge in [0.1, 0.15) is 0 Å². The number of fused-ring (bicyclic) bond motifs is 1. The van der Waals surface area contributed by atoms with Crippen LogP contribution in [0.4, 0.5) is 44.6 Å². The fourth-order valence-electron chi connectivity index (χ4n) is 2.65. The monoisotopic (exact) mass is 416 g/mol. The maximum atomic E-state index is 14.3. The molecule has 0 radical (unpaired) electrons. The molecule has 0 amide bonds. The summed E-state index contributed by atoms with van der Waals surface area (Å²) in [5, 5.41) is 5.81. The standard InChI is InChI=1S/C17H17FN8O2S/c1-29(27,28)25-14-5-3-2-4-12(14)21-16-11(18)9-19-17(22-16)20-10-6-7-13-15(8-10)24-26-23-13/h2-9,23-26H,1H3,(H2,19,20,21,22). The SMILES string of the molecule is CS(=O)(=O)Nc1ccccc1Nc1nc(Nc2ccc3c(c2)NNN3)ncc1F. The lowest BCUT2D eigenvalue weighted by Crippen LogP contribution is -2.19. The zero-order valence-electron chi connectivity index (χ0n) is 15.1. The zero-order valence-corrected chi connectivity index (χ0v) is 15.9. The van der Waals surface area contributed by atoms with Gasteiger partial charge in [-0.1, -0.05) is 12.1 Å². The van der Waals surface area contributed by atoms with Crippen molar-refractivity contribution in [2.75, 3.05) is 32.5 Å². The molecular formula is C17H17FN8O2S. The fraction of sp³-hybridized carbons (Fsp3) is 0.0588. The van der Waals surface area contributed by atoms with Gasteiger partial charge in [0.05, 0.1) is 35.2 Å². The van der Waals surface area contributed by atoms with E-state index in [1.807, 2.05) is 18.2 Å². The van der Waals surface area contributed by atoms with Gasteiger partial charge in [-0.15, -0.1) is 5.53 Å². The number of aromatic nitrogens is 2. The van der Waals surface area contributed by atoms with E-state index >= 15 is 0 Å². The largest absolute Gasteiger partial charge is 0.336 e. The van der Waals surface area contributed by atoms with Crippen LogP contribution in [0.25, 0.3) is 0 Å². The van der Waals surface area contributed by atoms with Crippen molar-refractivity contribution >= 4 is 50.2 Å². The Bertz CT molecular complexity index is 1170. The maximum absolute atomic E-state index is 14.3. The van der Waals surface area contributed by atoms with Gasteiger partial charge in [0.25, 0.3) is 0 Å². The molecule has 0 aliphatic carbocycles. The maximum Gasteiger partial charge on any atom is 0.229 e. The predicted molar refractivity (Wildman–Crippen MR) is 110 cm³/mol. The Morgan fingerprint density at radius 3 is 2.55 bits per heavy atom. The van der Waals surface area contributed by atoms with Crippen LogP contribution >= 0.6 is 0 Å². The highest BCUT2D eigenvalue weighted by atomic mass is 32.2. The lowest BCUT2D eigenvalue weighted by atomic mass is 10.2. The molecule has 0 atom stereocenters. The Morgan fingerprint density at radius 2 is 1.76 bits per heavy atom. The third kappa shape index (κ3) is 4.44. The molecule has 2 heterocycles. The number of nitrogens with one attached hydrogen (secondary N) is 6. The molecule has 0 saturated carbocycles. The molecule has 0 saturated heterocycles. The molecule has 1 aliphatic heterocycles. The lowest BCUT2D eigenvalue weighted by Gasteiger charge is -2.13. The average Bonchev–Trinajstić information content (AvgIpc) is 3.13. The Morgan fingerprint density at radius 1 is 1.00 bits per heavy atom. The van der Waals surface area contributed by atoms with Crippen LogP contribution in [-0.4, -0.2) is 24.6 Å². The van der Waals surface area contributed by atoms with E-state index in [1.165, 1.54) is 0 Å². The topological polar surface area (TPSA) is 132 Å². The molecule has 6 N–H and O–H groups in total. The van der Waals surface area contributed by atoms with Crippen molar-refractivity contribution in [1.29, 1.82) is 0 Å². The van der Waals surface area contributed by atoms with Gasteiger partial charge in [0.15, 0.2) is 11.6 Å². The van der Waals surface area contributed by atoms with Gasteiger partial charge in [-0.25, -0.2) is 17.8 Å². The number of hydrogen-bond acceptors (Lipinski definition) is 9. The normalized spacial score (nSPS) is 12.5. The molecule has 0 unspecified atom stereocenters. The number of para-hydroxylation sites is 2. The van der Waals surface area contributed by atoms with Crippen LogP contribution in [0.3, 0.4) is 0 Å². The Hall–Kier alpha value is -3.64. The Kier molecular flexibility index (Phi) is 4.78. The summed E-state index contributed by atoms with van der Waals surface area (Å²) in [5.74, 6) is -0.622. The first-order chi connectivity index (χ1) is 13.9. The molecule has 1 aromatic heterocycles. The number of anilines is 7. The predicted octanol–water partition coefficient (Wildman–Crippen LogP) is 2.73. The van der Waals surface area contributed by atoms with E-state index in [9.17, 15) is 12.8 Å². The second kappa shape index (κ2) is 7.41. The average molecular weight is 416 g/mol. The number of halogens is 1. The third-order valence-corrected chi connectivity index (χ3v) is 4.48. The van der Waals surface area contributed by atoms with Gasteiger partial charge in [0, 0.05) is 5.69 Å². The van der Waals surface area contributed by atoms with Crippen molar-refractivity contribution in [3.63, 3.8) is 0 Å². The summed E-state index contributed by atoms with van der Waals surface area (Å²) in [5.41, 5.74) is 11.7. The van der Waals surface area contributed by atoms with Crippen LogP contribution in [0.15, 0.2) is 48.7 Å². The first-order valence-corrected chi connectivity index (χ1v) is 10.3. The van der Waals surface area contributed by atoms with E-state index in [1.54, 1.807) is 24.3 Å². The molecule has 2 aromatic carbocycles. The van der Waals surface area contributed by atoms with Gasteiger partial charge in [-0.3, -0.25) is 4.72 Å². The van der Waals surface area contributed by atoms with Crippen LogP contribution in [-0.2, 0) is 10.0 Å². The number of benzene rings is 2. The summed E-state index contributed by atoms with van der Waals surface area (Å²) in [6.07, 6.45) is 2.06. The summed E-state index contributed by atoms with van der Waals surface area (Å²) < 4.78 is 39.7. The van der Waals surface area contributed by atoms with E-state index in [4.69, 9.17) is 0 Å². The summed E-state index contributed by atoms with van der Waals surface area (Å²) in [6.45, 7) is 0. The van der Waals surface area contributed by atoms with Crippen molar-refractivity contribution in [2.45, 2.75) is 0 Å². The molecule has 29 heavy (non-hydrogen) atoms. The van der Waals surface area contributed by atoms with Gasteiger partial charge in [-0.2, -0.15) is 4.98 Å². The second-order valence-corrected chi connectivity index (χ2v) is 7.94.